The van der Waals surface area contributed by atoms with Crippen molar-refractivity contribution in [2.24, 2.45) is 7.05 Å². The molecule has 4 nitrogen and oxygen atoms in total. The zero-order valence-corrected chi connectivity index (χ0v) is 12.2. The third kappa shape index (κ3) is 3.07. The van der Waals surface area contributed by atoms with Crippen LogP contribution in [-0.2, 0) is 13.5 Å². The molecule has 0 bridgehead atoms. The summed E-state index contributed by atoms with van der Waals surface area (Å²) in [5, 5.41) is 8.04. The van der Waals surface area contributed by atoms with Crippen molar-refractivity contribution < 1.29 is 4.42 Å². The summed E-state index contributed by atoms with van der Waals surface area (Å²) in [6.07, 6.45) is 3.76. The highest BCUT2D eigenvalue weighted by Gasteiger charge is 2.18. The maximum atomic E-state index is 5.56. The van der Waals surface area contributed by atoms with Gasteiger partial charge in [0, 0.05) is 12.7 Å². The van der Waals surface area contributed by atoms with Gasteiger partial charge in [0.25, 0.3) is 0 Å². The van der Waals surface area contributed by atoms with Gasteiger partial charge in [0.05, 0.1) is 18.0 Å². The highest BCUT2D eigenvalue weighted by Crippen LogP contribution is 2.23. The van der Waals surface area contributed by atoms with E-state index in [9.17, 15) is 0 Å². The molecular formula is C15H23N3O. The highest BCUT2D eigenvalue weighted by molar-refractivity contribution is 5.26. The number of nitrogens with zero attached hydrogens (tertiary/aromatic N) is 2. The summed E-state index contributed by atoms with van der Waals surface area (Å²) in [6.45, 7) is 7.35. The maximum Gasteiger partial charge on any atom is 0.121 e. The molecular weight excluding hydrogens is 238 g/mol. The second-order valence-corrected chi connectivity index (χ2v) is 5.00. The fourth-order valence-corrected chi connectivity index (χ4v) is 2.40. The van der Waals surface area contributed by atoms with Crippen LogP contribution in [0.15, 0.2) is 22.8 Å². The van der Waals surface area contributed by atoms with E-state index in [0.717, 1.165) is 30.8 Å². The molecule has 0 aliphatic carbocycles. The van der Waals surface area contributed by atoms with Gasteiger partial charge >= 0.3 is 0 Å². The molecule has 2 heterocycles. The summed E-state index contributed by atoms with van der Waals surface area (Å²) in [5.74, 6) is 0.996. The third-order valence-corrected chi connectivity index (χ3v) is 3.59. The lowest BCUT2D eigenvalue weighted by molar-refractivity contribution is 0.409. The molecule has 2 aromatic rings. The first kappa shape index (κ1) is 13.9. The molecule has 19 heavy (non-hydrogen) atoms. The van der Waals surface area contributed by atoms with E-state index in [1.54, 1.807) is 6.26 Å². The minimum Gasteiger partial charge on any atom is -0.468 e. The van der Waals surface area contributed by atoms with E-state index >= 15 is 0 Å². The fraction of sp³-hybridized carbons (Fsp3) is 0.533. The molecule has 1 atom stereocenters. The third-order valence-electron chi connectivity index (χ3n) is 3.59. The molecule has 0 saturated carbocycles. The van der Waals surface area contributed by atoms with Crippen LogP contribution < -0.4 is 5.32 Å². The van der Waals surface area contributed by atoms with Gasteiger partial charge in [-0.15, -0.1) is 0 Å². The van der Waals surface area contributed by atoms with Gasteiger partial charge in [0.2, 0.25) is 0 Å². The van der Waals surface area contributed by atoms with Crippen molar-refractivity contribution in [3.63, 3.8) is 0 Å². The largest absolute Gasteiger partial charge is 0.468 e. The van der Waals surface area contributed by atoms with Crippen LogP contribution in [0.25, 0.3) is 0 Å². The molecule has 0 saturated heterocycles. The Morgan fingerprint density at radius 3 is 2.74 bits per heavy atom. The summed E-state index contributed by atoms with van der Waals surface area (Å²) < 4.78 is 7.51. The average molecular weight is 261 g/mol. The first-order valence-electron chi connectivity index (χ1n) is 6.89. The smallest absolute Gasteiger partial charge is 0.121 e. The van der Waals surface area contributed by atoms with Crippen LogP contribution in [0.4, 0.5) is 0 Å². The van der Waals surface area contributed by atoms with E-state index in [1.807, 2.05) is 23.9 Å². The van der Waals surface area contributed by atoms with Crippen molar-refractivity contribution in [2.75, 3.05) is 6.54 Å². The molecule has 0 aliphatic heterocycles. The topological polar surface area (TPSA) is 43.0 Å². The Morgan fingerprint density at radius 1 is 1.42 bits per heavy atom. The lowest BCUT2D eigenvalue weighted by atomic mass is 10.0. The van der Waals surface area contributed by atoms with Crippen LogP contribution in [-0.4, -0.2) is 16.3 Å². The normalized spacial score (nSPS) is 12.8. The summed E-state index contributed by atoms with van der Waals surface area (Å²) in [7, 11) is 1.99. The molecule has 2 aromatic heterocycles. The maximum absolute atomic E-state index is 5.56. The van der Waals surface area contributed by atoms with Crippen molar-refractivity contribution >= 4 is 0 Å². The number of hydrogen-bond donors (Lipinski definition) is 1. The number of aromatic nitrogens is 2. The number of aryl methyl sites for hydroxylation is 2. The number of furan rings is 1. The molecule has 1 unspecified atom stereocenters. The number of nitrogens with one attached hydrogen (secondary N) is 1. The van der Waals surface area contributed by atoms with E-state index in [-0.39, 0.29) is 6.04 Å². The second-order valence-electron chi connectivity index (χ2n) is 5.00. The van der Waals surface area contributed by atoms with Crippen molar-refractivity contribution in [3.8, 4) is 0 Å². The van der Waals surface area contributed by atoms with Gasteiger partial charge in [-0.05, 0) is 50.9 Å². The Morgan fingerprint density at radius 2 is 2.21 bits per heavy atom. The van der Waals surface area contributed by atoms with Crippen LogP contribution in [0.1, 0.15) is 42.1 Å². The Bertz CT molecular complexity index is 514. The Kier molecular flexibility index (Phi) is 4.43. The molecule has 0 fully saturated rings. The van der Waals surface area contributed by atoms with Gasteiger partial charge < -0.3 is 9.73 Å². The van der Waals surface area contributed by atoms with Gasteiger partial charge in [-0.1, -0.05) is 6.92 Å². The minimum absolute atomic E-state index is 0.219. The van der Waals surface area contributed by atoms with Gasteiger partial charge in [-0.2, -0.15) is 5.10 Å². The monoisotopic (exact) mass is 261 g/mol. The summed E-state index contributed by atoms with van der Waals surface area (Å²) in [4.78, 5) is 0. The van der Waals surface area contributed by atoms with Crippen LogP contribution in [0.2, 0.25) is 0 Å². The molecule has 1 N–H and O–H groups in total. The van der Waals surface area contributed by atoms with E-state index in [2.05, 4.69) is 31.2 Å². The van der Waals surface area contributed by atoms with Crippen molar-refractivity contribution in [3.05, 3.63) is 41.1 Å². The minimum atomic E-state index is 0.219. The number of rotatable bonds is 6. The lowest BCUT2D eigenvalue weighted by Crippen LogP contribution is -2.24. The molecule has 104 valence electrons. The number of hydrogen-bond acceptors (Lipinski definition) is 3. The van der Waals surface area contributed by atoms with Crippen LogP contribution >= 0.6 is 0 Å². The quantitative estimate of drug-likeness (QED) is 0.869. The van der Waals surface area contributed by atoms with E-state index < -0.39 is 0 Å². The van der Waals surface area contributed by atoms with Gasteiger partial charge in [0.15, 0.2) is 0 Å². The highest BCUT2D eigenvalue weighted by atomic mass is 16.3. The van der Waals surface area contributed by atoms with Crippen molar-refractivity contribution in [2.45, 2.75) is 39.7 Å². The van der Waals surface area contributed by atoms with Gasteiger partial charge in [-0.25, -0.2) is 0 Å². The standard InChI is InChI=1S/C15H23N3O/c1-5-8-16-14(15-7-6-9-19-15)10-13-11(2)17-18(4)12(13)3/h6-7,9,14,16H,5,8,10H2,1-4H3. The summed E-state index contributed by atoms with van der Waals surface area (Å²) >= 11 is 0. The molecule has 0 spiro atoms. The van der Waals surface area contributed by atoms with E-state index in [4.69, 9.17) is 4.42 Å². The Labute approximate surface area is 114 Å². The Balaban J connectivity index is 2.20. The van der Waals surface area contributed by atoms with Crippen LogP contribution in [0.5, 0.6) is 0 Å². The zero-order chi connectivity index (χ0) is 13.8. The zero-order valence-electron chi connectivity index (χ0n) is 12.2. The van der Waals surface area contributed by atoms with E-state index in [0.29, 0.717) is 0 Å². The first-order chi connectivity index (χ1) is 9.13. The summed E-state index contributed by atoms with van der Waals surface area (Å²) in [5.41, 5.74) is 3.65. The average Bonchev–Trinajstić information content (AvgIpc) is 2.98. The molecule has 0 amide bonds. The van der Waals surface area contributed by atoms with Gasteiger partial charge in [0.1, 0.15) is 5.76 Å². The van der Waals surface area contributed by atoms with E-state index in [1.165, 1.54) is 11.3 Å². The summed E-state index contributed by atoms with van der Waals surface area (Å²) in [6, 6.07) is 4.20. The molecule has 0 radical (unpaired) electrons. The van der Waals surface area contributed by atoms with Crippen LogP contribution in [0, 0.1) is 13.8 Å². The van der Waals surface area contributed by atoms with Crippen LogP contribution in [0.3, 0.4) is 0 Å². The van der Waals surface area contributed by atoms with Crippen molar-refractivity contribution in [1.82, 2.24) is 15.1 Å². The van der Waals surface area contributed by atoms with Crippen molar-refractivity contribution in [1.29, 1.82) is 0 Å². The Hall–Kier alpha value is -1.55. The molecule has 4 heteroatoms. The molecule has 0 aromatic carbocycles. The predicted octanol–water partition coefficient (Wildman–Crippen LogP) is 2.91. The lowest BCUT2D eigenvalue weighted by Gasteiger charge is -2.16. The molecule has 0 aliphatic rings. The fourth-order valence-electron chi connectivity index (χ4n) is 2.40. The van der Waals surface area contributed by atoms with Gasteiger partial charge in [-0.3, -0.25) is 4.68 Å². The molecule has 2 rings (SSSR count). The second kappa shape index (κ2) is 6.06. The first-order valence-corrected chi connectivity index (χ1v) is 6.89. The predicted molar refractivity (Wildman–Crippen MR) is 76.1 cm³/mol. The SMILES string of the molecule is CCCNC(Cc1c(C)nn(C)c1C)c1ccco1.